The Morgan fingerprint density at radius 2 is 1.36 bits per heavy atom. The Bertz CT molecular complexity index is 212. The molecule has 0 spiro atoms. The van der Waals surface area contributed by atoms with E-state index in [2.05, 4.69) is 0 Å². The smallest absolute Gasteiger partial charge is 0.156 e. The van der Waals surface area contributed by atoms with Gasteiger partial charge in [-0.25, -0.2) is 0 Å². The van der Waals surface area contributed by atoms with Gasteiger partial charge in [-0.3, -0.25) is 9.59 Å². The van der Waals surface area contributed by atoms with Crippen LogP contribution in [0.5, 0.6) is 0 Å². The van der Waals surface area contributed by atoms with Gasteiger partial charge in [0.2, 0.25) is 0 Å². The quantitative estimate of drug-likeness (QED) is 0.602. The highest BCUT2D eigenvalue weighted by atomic mass is 16.1. The topological polar surface area (TPSA) is 34.1 Å². The molecule has 1 rings (SSSR count). The number of carbonyl (C=O) groups excluding carboxylic acids is 2. The highest BCUT2D eigenvalue weighted by Gasteiger charge is 2.20. The fraction of sp³-hybridized carbons (Fsp3) is 0.556. The average Bonchev–Trinajstić information content (AvgIpc) is 2.32. The van der Waals surface area contributed by atoms with Gasteiger partial charge < -0.3 is 0 Å². The van der Waals surface area contributed by atoms with E-state index in [1.165, 1.54) is 13.8 Å². The van der Waals surface area contributed by atoms with E-state index in [1.54, 1.807) is 0 Å². The molecule has 1 aliphatic carbocycles. The number of carbonyl (C=O) groups is 2. The van der Waals surface area contributed by atoms with Gasteiger partial charge in [0.05, 0.1) is 0 Å². The van der Waals surface area contributed by atoms with Crippen LogP contribution >= 0.6 is 0 Å². The maximum absolute atomic E-state index is 11.0. The summed E-state index contributed by atoms with van der Waals surface area (Å²) in [6.45, 7) is 3.06. The molecule has 0 unspecified atom stereocenters. The molecule has 0 amide bonds. The van der Waals surface area contributed by atoms with Crippen molar-refractivity contribution in [1.29, 1.82) is 0 Å². The minimum absolute atomic E-state index is 0.0627. The maximum atomic E-state index is 11.0. The van der Waals surface area contributed by atoms with Crippen LogP contribution in [0.15, 0.2) is 11.1 Å². The Kier molecular flexibility index (Phi) is 2.22. The number of Topliss-reactive ketones (excluding diaryl/α,β-unsaturated/α-hetero) is 2. The Labute approximate surface area is 66.3 Å². The summed E-state index contributed by atoms with van der Waals surface area (Å²) in [5, 5.41) is 0. The molecule has 2 heteroatoms. The van der Waals surface area contributed by atoms with Crippen molar-refractivity contribution >= 4 is 11.6 Å². The molecule has 0 aromatic rings. The predicted molar refractivity (Wildman–Crippen MR) is 42.2 cm³/mol. The maximum Gasteiger partial charge on any atom is 0.156 e. The highest BCUT2D eigenvalue weighted by Crippen LogP contribution is 2.26. The van der Waals surface area contributed by atoms with Crippen LogP contribution in [0.4, 0.5) is 0 Å². The van der Waals surface area contributed by atoms with Crippen LogP contribution in [-0.2, 0) is 9.59 Å². The molecule has 0 heterocycles. The molecular weight excluding hydrogens is 140 g/mol. The van der Waals surface area contributed by atoms with Crippen molar-refractivity contribution in [1.82, 2.24) is 0 Å². The van der Waals surface area contributed by atoms with Gasteiger partial charge >= 0.3 is 0 Å². The van der Waals surface area contributed by atoms with Gasteiger partial charge in [-0.2, -0.15) is 0 Å². The number of hydrogen-bond acceptors (Lipinski definition) is 2. The second-order valence-corrected chi connectivity index (χ2v) is 2.92. The van der Waals surface area contributed by atoms with Crippen molar-refractivity contribution < 1.29 is 9.59 Å². The third-order valence-corrected chi connectivity index (χ3v) is 2.07. The van der Waals surface area contributed by atoms with Crippen LogP contribution < -0.4 is 0 Å². The van der Waals surface area contributed by atoms with Gasteiger partial charge in [-0.15, -0.1) is 0 Å². The molecule has 0 atom stereocenters. The Hall–Kier alpha value is -0.920. The molecule has 1 aliphatic rings. The average molecular weight is 152 g/mol. The van der Waals surface area contributed by atoms with E-state index < -0.39 is 0 Å². The lowest BCUT2D eigenvalue weighted by molar-refractivity contribution is -0.116. The Balaban J connectivity index is 2.95. The normalized spacial score (nSPS) is 17.3. The molecule has 2 nitrogen and oxygen atoms in total. The first-order valence-corrected chi connectivity index (χ1v) is 3.87. The third-order valence-electron chi connectivity index (χ3n) is 2.07. The van der Waals surface area contributed by atoms with Crippen molar-refractivity contribution in [3.05, 3.63) is 11.1 Å². The van der Waals surface area contributed by atoms with E-state index in [1.807, 2.05) is 0 Å². The molecule has 0 saturated carbocycles. The fourth-order valence-corrected chi connectivity index (χ4v) is 1.52. The number of ketones is 2. The lowest BCUT2D eigenvalue weighted by atomic mass is 10.1. The van der Waals surface area contributed by atoms with E-state index in [-0.39, 0.29) is 11.6 Å². The summed E-state index contributed by atoms with van der Waals surface area (Å²) in [6.07, 6.45) is 2.55. The second kappa shape index (κ2) is 2.99. The molecule has 11 heavy (non-hydrogen) atoms. The fourth-order valence-electron chi connectivity index (χ4n) is 1.52. The molecular formula is C9H12O2. The molecule has 0 fully saturated rings. The monoisotopic (exact) mass is 152 g/mol. The molecule has 0 aliphatic heterocycles. The van der Waals surface area contributed by atoms with Crippen molar-refractivity contribution in [3.63, 3.8) is 0 Å². The molecule has 0 bridgehead atoms. The van der Waals surface area contributed by atoms with Crippen molar-refractivity contribution in [2.45, 2.75) is 33.1 Å². The number of rotatable bonds is 2. The van der Waals surface area contributed by atoms with Crippen LogP contribution in [0.2, 0.25) is 0 Å². The Morgan fingerprint density at radius 3 is 1.64 bits per heavy atom. The molecule has 0 N–H and O–H groups in total. The van der Waals surface area contributed by atoms with Crippen LogP contribution in [0.25, 0.3) is 0 Å². The minimum atomic E-state index is 0.0627. The minimum Gasteiger partial charge on any atom is -0.295 e. The zero-order chi connectivity index (χ0) is 8.43. The van der Waals surface area contributed by atoms with Gasteiger partial charge in [0.25, 0.3) is 0 Å². The molecule has 60 valence electrons. The van der Waals surface area contributed by atoms with E-state index in [0.29, 0.717) is 0 Å². The summed E-state index contributed by atoms with van der Waals surface area (Å²) < 4.78 is 0. The summed E-state index contributed by atoms with van der Waals surface area (Å²) in [7, 11) is 0. The summed E-state index contributed by atoms with van der Waals surface area (Å²) in [4.78, 5) is 21.9. The zero-order valence-electron chi connectivity index (χ0n) is 6.94. The molecule has 0 aromatic carbocycles. The molecule has 0 saturated heterocycles. The van der Waals surface area contributed by atoms with Crippen molar-refractivity contribution in [2.75, 3.05) is 0 Å². The summed E-state index contributed by atoms with van der Waals surface area (Å²) >= 11 is 0. The SMILES string of the molecule is CC(=O)C1=C(C(C)=O)CCC1. The summed E-state index contributed by atoms with van der Waals surface area (Å²) in [6, 6.07) is 0. The van der Waals surface area contributed by atoms with Gasteiger partial charge in [0.1, 0.15) is 0 Å². The van der Waals surface area contributed by atoms with E-state index in [0.717, 1.165) is 30.4 Å². The predicted octanol–water partition coefficient (Wildman–Crippen LogP) is 1.64. The van der Waals surface area contributed by atoms with E-state index in [4.69, 9.17) is 0 Å². The first-order chi connectivity index (χ1) is 5.13. The van der Waals surface area contributed by atoms with Crippen LogP contribution in [0.1, 0.15) is 33.1 Å². The Morgan fingerprint density at radius 1 is 1.00 bits per heavy atom. The van der Waals surface area contributed by atoms with Crippen molar-refractivity contribution in [3.8, 4) is 0 Å². The number of allylic oxidation sites excluding steroid dienone is 2. The van der Waals surface area contributed by atoms with Gasteiger partial charge in [-0.1, -0.05) is 0 Å². The first-order valence-electron chi connectivity index (χ1n) is 3.87. The zero-order valence-corrected chi connectivity index (χ0v) is 6.94. The summed E-state index contributed by atoms with van der Waals surface area (Å²) in [5.74, 6) is 0.125. The van der Waals surface area contributed by atoms with Crippen LogP contribution in [0, 0.1) is 0 Å². The second-order valence-electron chi connectivity index (χ2n) is 2.92. The van der Waals surface area contributed by atoms with Crippen LogP contribution in [0.3, 0.4) is 0 Å². The van der Waals surface area contributed by atoms with Gasteiger partial charge in [0.15, 0.2) is 11.6 Å². The van der Waals surface area contributed by atoms with Gasteiger partial charge in [-0.05, 0) is 33.1 Å². The molecule has 0 aromatic heterocycles. The lowest BCUT2D eigenvalue weighted by Gasteiger charge is -1.97. The summed E-state index contributed by atoms with van der Waals surface area (Å²) in [5.41, 5.74) is 1.52. The van der Waals surface area contributed by atoms with Crippen molar-refractivity contribution in [2.24, 2.45) is 0 Å². The van der Waals surface area contributed by atoms with E-state index >= 15 is 0 Å². The number of hydrogen-bond donors (Lipinski definition) is 0. The largest absolute Gasteiger partial charge is 0.295 e. The molecule has 0 radical (unpaired) electrons. The van der Waals surface area contributed by atoms with Gasteiger partial charge in [0, 0.05) is 11.1 Å². The van der Waals surface area contributed by atoms with Crippen LogP contribution in [-0.4, -0.2) is 11.6 Å². The first kappa shape index (κ1) is 8.18. The van der Waals surface area contributed by atoms with E-state index in [9.17, 15) is 9.59 Å². The standard InChI is InChI=1S/C9H12O2/c1-6(10)8-4-3-5-9(8)7(2)11/h3-5H2,1-2H3. The third kappa shape index (κ3) is 1.56. The highest BCUT2D eigenvalue weighted by molar-refractivity contribution is 6.05. The lowest BCUT2D eigenvalue weighted by Crippen LogP contribution is -2.01.